The highest BCUT2D eigenvalue weighted by molar-refractivity contribution is 5.85. The number of nitrogens with one attached hydrogen (secondary N) is 1. The fourth-order valence-corrected chi connectivity index (χ4v) is 0.844. The van der Waals surface area contributed by atoms with Crippen LogP contribution in [0, 0.1) is 0 Å². The molecule has 0 spiro atoms. The van der Waals surface area contributed by atoms with Crippen LogP contribution in [0.1, 0.15) is 27.2 Å². The third kappa shape index (κ3) is 6.63. The monoisotopic (exact) mass is 231 g/mol. The van der Waals surface area contributed by atoms with Crippen molar-refractivity contribution in [2.24, 2.45) is 5.73 Å². The Balaban J connectivity index is 4.35. The zero-order valence-corrected chi connectivity index (χ0v) is 9.40. The molecule has 0 saturated carbocycles. The molecule has 1 unspecified atom stereocenters. The second-order valence-corrected chi connectivity index (χ2v) is 4.19. The first-order valence-electron chi connectivity index (χ1n) is 4.60. The predicted octanol–water partition coefficient (Wildman–Crippen LogP) is -1.49. The largest absolute Gasteiger partial charge is 0.548 e. The van der Waals surface area contributed by atoms with Crippen LogP contribution < -0.4 is 16.2 Å². The van der Waals surface area contributed by atoms with E-state index in [1.165, 1.54) is 0 Å². The Morgan fingerprint density at radius 2 is 1.88 bits per heavy atom. The van der Waals surface area contributed by atoms with Gasteiger partial charge in [-0.25, -0.2) is 4.79 Å². The quantitative estimate of drug-likeness (QED) is 0.610. The van der Waals surface area contributed by atoms with Crippen molar-refractivity contribution in [3.63, 3.8) is 0 Å². The molecule has 0 fully saturated rings. The standard InChI is InChI=1S/C9H16N2O5/c1-9(2,3)16-8(15)11-5(7(13)14)4-6(10)12/h5H,4H2,1-3H3,(H2,10,12)(H,11,15)(H,13,14)/p-1. The van der Waals surface area contributed by atoms with Gasteiger partial charge in [-0.1, -0.05) is 0 Å². The maximum atomic E-state index is 11.2. The van der Waals surface area contributed by atoms with Crippen molar-refractivity contribution in [1.82, 2.24) is 5.32 Å². The molecule has 7 nitrogen and oxygen atoms in total. The van der Waals surface area contributed by atoms with Crippen LogP contribution in [0.3, 0.4) is 0 Å². The fraction of sp³-hybridized carbons (Fsp3) is 0.667. The number of ether oxygens (including phenoxy) is 1. The molecule has 0 aliphatic heterocycles. The molecule has 0 aliphatic rings. The summed E-state index contributed by atoms with van der Waals surface area (Å²) >= 11 is 0. The number of carbonyl (C=O) groups excluding carboxylic acids is 3. The van der Waals surface area contributed by atoms with Gasteiger partial charge in [-0.3, -0.25) is 4.79 Å². The number of carboxylic acid groups (broad SMARTS) is 1. The smallest absolute Gasteiger partial charge is 0.408 e. The fourth-order valence-electron chi connectivity index (χ4n) is 0.844. The van der Waals surface area contributed by atoms with Crippen LogP contribution >= 0.6 is 0 Å². The van der Waals surface area contributed by atoms with Crippen molar-refractivity contribution in [1.29, 1.82) is 0 Å². The van der Waals surface area contributed by atoms with Gasteiger partial charge in [0.1, 0.15) is 5.60 Å². The predicted molar refractivity (Wildman–Crippen MR) is 52.0 cm³/mol. The average Bonchev–Trinajstić information content (AvgIpc) is 1.97. The van der Waals surface area contributed by atoms with Gasteiger partial charge in [-0.15, -0.1) is 0 Å². The SMILES string of the molecule is CC(C)(C)OC(=O)NC(CC(N)=O)C(=O)[O-]. The number of carboxylic acids is 1. The molecule has 0 radical (unpaired) electrons. The number of nitrogens with two attached hydrogens (primary N) is 1. The minimum absolute atomic E-state index is 0.540. The molecule has 92 valence electrons. The van der Waals surface area contributed by atoms with E-state index >= 15 is 0 Å². The van der Waals surface area contributed by atoms with Gasteiger partial charge < -0.3 is 25.7 Å². The summed E-state index contributed by atoms with van der Waals surface area (Å²) < 4.78 is 4.81. The van der Waals surface area contributed by atoms with Crippen LogP contribution in [0.2, 0.25) is 0 Å². The number of primary amides is 1. The van der Waals surface area contributed by atoms with E-state index in [1.807, 2.05) is 5.32 Å². The van der Waals surface area contributed by atoms with E-state index in [9.17, 15) is 19.5 Å². The summed E-state index contributed by atoms with van der Waals surface area (Å²) in [5.74, 6) is -2.45. The molecule has 1 atom stereocenters. The highest BCUT2D eigenvalue weighted by Crippen LogP contribution is 2.07. The molecule has 0 aliphatic carbocycles. The molecular formula is C9H15N2O5-. The highest BCUT2D eigenvalue weighted by Gasteiger charge is 2.21. The van der Waals surface area contributed by atoms with E-state index < -0.39 is 36.0 Å². The minimum Gasteiger partial charge on any atom is -0.548 e. The van der Waals surface area contributed by atoms with Crippen LogP contribution in [-0.2, 0) is 14.3 Å². The van der Waals surface area contributed by atoms with Crippen LogP contribution in [0.15, 0.2) is 0 Å². The Kier molecular flexibility index (Phi) is 4.74. The third-order valence-corrected chi connectivity index (χ3v) is 1.38. The van der Waals surface area contributed by atoms with Gasteiger partial charge in [0, 0.05) is 0 Å². The van der Waals surface area contributed by atoms with E-state index in [4.69, 9.17) is 10.5 Å². The molecule has 0 aromatic carbocycles. The van der Waals surface area contributed by atoms with E-state index in [0.29, 0.717) is 0 Å². The van der Waals surface area contributed by atoms with Gasteiger partial charge >= 0.3 is 6.09 Å². The lowest BCUT2D eigenvalue weighted by Gasteiger charge is -2.23. The maximum Gasteiger partial charge on any atom is 0.408 e. The molecule has 3 N–H and O–H groups in total. The molecule has 0 saturated heterocycles. The molecule has 0 bridgehead atoms. The van der Waals surface area contributed by atoms with Gasteiger partial charge in [0.2, 0.25) is 5.91 Å². The van der Waals surface area contributed by atoms with Crippen molar-refractivity contribution in [3.05, 3.63) is 0 Å². The Morgan fingerprint density at radius 1 is 1.38 bits per heavy atom. The molecule has 16 heavy (non-hydrogen) atoms. The summed E-state index contributed by atoms with van der Waals surface area (Å²) in [5, 5.41) is 12.5. The summed E-state index contributed by atoms with van der Waals surface area (Å²) in [7, 11) is 0. The first kappa shape index (κ1) is 14.2. The zero-order valence-electron chi connectivity index (χ0n) is 9.40. The van der Waals surface area contributed by atoms with Crippen molar-refractivity contribution >= 4 is 18.0 Å². The highest BCUT2D eigenvalue weighted by atomic mass is 16.6. The maximum absolute atomic E-state index is 11.2. The van der Waals surface area contributed by atoms with E-state index in [1.54, 1.807) is 20.8 Å². The van der Waals surface area contributed by atoms with Gasteiger partial charge in [0.25, 0.3) is 0 Å². The number of rotatable bonds is 4. The van der Waals surface area contributed by atoms with Crippen molar-refractivity contribution < 1.29 is 24.2 Å². The molecule has 7 heteroatoms. The average molecular weight is 231 g/mol. The van der Waals surface area contributed by atoms with Gasteiger partial charge in [0.15, 0.2) is 0 Å². The minimum atomic E-state index is -1.59. The number of hydrogen-bond acceptors (Lipinski definition) is 5. The van der Waals surface area contributed by atoms with Crippen molar-refractivity contribution in [2.75, 3.05) is 0 Å². The molecule has 2 amide bonds. The summed E-state index contributed by atoms with van der Waals surface area (Å²) in [4.78, 5) is 32.2. The summed E-state index contributed by atoms with van der Waals surface area (Å²) in [6, 6.07) is -1.48. The molecule has 0 aromatic rings. The molecule has 0 aromatic heterocycles. The first-order chi connectivity index (χ1) is 7.11. The Morgan fingerprint density at radius 3 is 2.19 bits per heavy atom. The van der Waals surface area contributed by atoms with Crippen LogP contribution in [-0.4, -0.2) is 29.6 Å². The lowest BCUT2D eigenvalue weighted by Crippen LogP contribution is -2.50. The Labute approximate surface area is 92.9 Å². The number of hydrogen-bond donors (Lipinski definition) is 2. The molecule has 0 rings (SSSR count). The van der Waals surface area contributed by atoms with Crippen molar-refractivity contribution in [2.45, 2.75) is 38.8 Å². The topological polar surface area (TPSA) is 122 Å². The third-order valence-electron chi connectivity index (χ3n) is 1.38. The van der Waals surface area contributed by atoms with Crippen LogP contribution in [0.5, 0.6) is 0 Å². The second-order valence-electron chi connectivity index (χ2n) is 4.19. The zero-order chi connectivity index (χ0) is 12.9. The van der Waals surface area contributed by atoms with E-state index in [0.717, 1.165) is 0 Å². The molecular weight excluding hydrogens is 216 g/mol. The second kappa shape index (κ2) is 5.34. The molecule has 0 heterocycles. The summed E-state index contributed by atoms with van der Waals surface area (Å²) in [5.41, 5.74) is 4.06. The van der Waals surface area contributed by atoms with E-state index in [2.05, 4.69) is 0 Å². The Bertz CT molecular complexity index is 295. The summed E-state index contributed by atoms with van der Waals surface area (Å²) in [6.45, 7) is 4.86. The normalized spacial score (nSPS) is 12.7. The summed E-state index contributed by atoms with van der Waals surface area (Å²) in [6.07, 6.45) is -1.48. The van der Waals surface area contributed by atoms with Crippen molar-refractivity contribution in [3.8, 4) is 0 Å². The first-order valence-corrected chi connectivity index (χ1v) is 4.60. The number of aliphatic carboxylic acids is 1. The number of carbonyl (C=O) groups is 3. The number of alkyl carbamates (subject to hydrolysis) is 1. The lowest BCUT2D eigenvalue weighted by molar-refractivity contribution is -0.308. The van der Waals surface area contributed by atoms with E-state index in [-0.39, 0.29) is 0 Å². The Hall–Kier alpha value is -1.79. The number of amides is 2. The lowest BCUT2D eigenvalue weighted by atomic mass is 10.2. The van der Waals surface area contributed by atoms with Gasteiger partial charge in [0.05, 0.1) is 18.4 Å². The van der Waals surface area contributed by atoms with Gasteiger partial charge in [-0.05, 0) is 20.8 Å². The van der Waals surface area contributed by atoms with Crippen LogP contribution in [0.4, 0.5) is 4.79 Å². The van der Waals surface area contributed by atoms with Gasteiger partial charge in [-0.2, -0.15) is 0 Å². The van der Waals surface area contributed by atoms with Crippen LogP contribution in [0.25, 0.3) is 0 Å².